The standard InChI is InChI=1S/C22H17ClN4OS/c23-18-11-7-15(8-12-18)13-24-27-21(28)17-9-5-16(6-10-17)14-29-22-25-19-3-1-2-4-20(19)26-22/h1-13H,14H2,(H,25,26)(H,27,28). The van der Waals surface area contributed by atoms with Crippen molar-refractivity contribution in [3.8, 4) is 0 Å². The van der Waals surface area contributed by atoms with E-state index in [1.165, 1.54) is 0 Å². The lowest BCUT2D eigenvalue weighted by atomic mass is 10.1. The van der Waals surface area contributed by atoms with E-state index < -0.39 is 0 Å². The van der Waals surface area contributed by atoms with E-state index >= 15 is 0 Å². The molecule has 4 rings (SSSR count). The number of carbonyl (C=O) groups excluding carboxylic acids is 1. The van der Waals surface area contributed by atoms with Crippen molar-refractivity contribution in [2.45, 2.75) is 10.9 Å². The van der Waals surface area contributed by atoms with Crippen LogP contribution < -0.4 is 5.43 Å². The Hall–Kier alpha value is -3.09. The molecule has 1 amide bonds. The second-order valence-corrected chi connectivity index (χ2v) is 7.70. The first-order valence-corrected chi connectivity index (χ1v) is 10.3. The number of rotatable bonds is 6. The molecule has 7 heteroatoms. The van der Waals surface area contributed by atoms with Gasteiger partial charge in [-0.2, -0.15) is 5.10 Å². The van der Waals surface area contributed by atoms with Gasteiger partial charge in [-0.3, -0.25) is 4.79 Å². The number of aromatic nitrogens is 2. The lowest BCUT2D eigenvalue weighted by Gasteiger charge is -2.03. The quantitative estimate of drug-likeness (QED) is 0.253. The third kappa shape index (κ3) is 5.04. The number of hydrogen-bond acceptors (Lipinski definition) is 4. The number of nitrogens with one attached hydrogen (secondary N) is 2. The number of imidazole rings is 1. The van der Waals surface area contributed by atoms with Gasteiger partial charge in [0.05, 0.1) is 17.2 Å². The van der Waals surface area contributed by atoms with Gasteiger partial charge in [-0.05, 0) is 47.5 Å². The Labute approximate surface area is 177 Å². The fourth-order valence-electron chi connectivity index (χ4n) is 2.68. The molecule has 0 atom stereocenters. The molecule has 5 nitrogen and oxygen atoms in total. The maximum atomic E-state index is 12.2. The molecule has 0 aliphatic heterocycles. The molecule has 1 heterocycles. The van der Waals surface area contributed by atoms with Crippen molar-refractivity contribution >= 4 is 46.5 Å². The van der Waals surface area contributed by atoms with Crippen LogP contribution in [0.5, 0.6) is 0 Å². The Morgan fingerprint density at radius 1 is 1.07 bits per heavy atom. The normalized spacial score (nSPS) is 11.2. The second-order valence-electron chi connectivity index (χ2n) is 6.30. The van der Waals surface area contributed by atoms with Crippen LogP contribution in [0.3, 0.4) is 0 Å². The van der Waals surface area contributed by atoms with Crippen molar-refractivity contribution in [1.29, 1.82) is 0 Å². The van der Waals surface area contributed by atoms with Crippen LogP contribution in [0.15, 0.2) is 83.1 Å². The SMILES string of the molecule is O=C(NN=Cc1ccc(Cl)cc1)c1ccc(CSc2nc3ccccc3[nH]2)cc1. The lowest BCUT2D eigenvalue weighted by Crippen LogP contribution is -2.17. The van der Waals surface area contributed by atoms with Crippen LogP contribution in [0.25, 0.3) is 11.0 Å². The van der Waals surface area contributed by atoms with E-state index in [9.17, 15) is 4.79 Å². The summed E-state index contributed by atoms with van der Waals surface area (Å²) in [5, 5.41) is 5.52. The Balaban J connectivity index is 1.32. The summed E-state index contributed by atoms with van der Waals surface area (Å²) in [5.74, 6) is 0.503. The van der Waals surface area contributed by atoms with Gasteiger partial charge >= 0.3 is 0 Å². The number of hydrazone groups is 1. The van der Waals surface area contributed by atoms with E-state index in [-0.39, 0.29) is 5.91 Å². The maximum absolute atomic E-state index is 12.2. The number of carbonyl (C=O) groups is 1. The molecule has 0 spiro atoms. The molecule has 0 unspecified atom stereocenters. The van der Waals surface area contributed by atoms with Crippen molar-refractivity contribution in [2.75, 3.05) is 0 Å². The summed E-state index contributed by atoms with van der Waals surface area (Å²) in [5.41, 5.74) is 7.03. The monoisotopic (exact) mass is 420 g/mol. The summed E-state index contributed by atoms with van der Waals surface area (Å²) in [4.78, 5) is 20.1. The van der Waals surface area contributed by atoms with E-state index in [1.807, 2.05) is 48.5 Å². The number of amides is 1. The topological polar surface area (TPSA) is 70.1 Å². The van der Waals surface area contributed by atoms with Gasteiger partial charge in [0.25, 0.3) is 5.91 Å². The third-order valence-electron chi connectivity index (χ3n) is 4.21. The highest BCUT2D eigenvalue weighted by molar-refractivity contribution is 7.98. The molecule has 0 fully saturated rings. The number of thioether (sulfide) groups is 1. The molecule has 2 N–H and O–H groups in total. The summed E-state index contributed by atoms with van der Waals surface area (Å²) in [6, 6.07) is 22.6. The molecule has 144 valence electrons. The molecule has 0 saturated heterocycles. The fourth-order valence-corrected chi connectivity index (χ4v) is 3.65. The number of para-hydroxylation sites is 2. The summed E-state index contributed by atoms with van der Waals surface area (Å²) in [7, 11) is 0. The second kappa shape index (κ2) is 8.94. The number of nitrogens with zero attached hydrogens (tertiary/aromatic N) is 2. The number of fused-ring (bicyclic) bond motifs is 1. The molecular formula is C22H17ClN4OS. The zero-order valence-electron chi connectivity index (χ0n) is 15.3. The van der Waals surface area contributed by atoms with E-state index in [1.54, 1.807) is 42.2 Å². The Morgan fingerprint density at radius 3 is 2.59 bits per heavy atom. The van der Waals surface area contributed by atoms with Crippen molar-refractivity contribution in [3.05, 3.63) is 94.5 Å². The minimum atomic E-state index is -0.258. The lowest BCUT2D eigenvalue weighted by molar-refractivity contribution is 0.0955. The van der Waals surface area contributed by atoms with Crippen LogP contribution in [0, 0.1) is 0 Å². The van der Waals surface area contributed by atoms with Crippen LogP contribution >= 0.6 is 23.4 Å². The molecule has 0 aliphatic carbocycles. The molecular weight excluding hydrogens is 404 g/mol. The number of H-pyrrole nitrogens is 1. The Kier molecular flexibility index (Phi) is 5.93. The first-order valence-electron chi connectivity index (χ1n) is 8.93. The van der Waals surface area contributed by atoms with Crippen LogP contribution in [0.4, 0.5) is 0 Å². The van der Waals surface area contributed by atoms with Crippen molar-refractivity contribution in [1.82, 2.24) is 15.4 Å². The van der Waals surface area contributed by atoms with E-state index in [2.05, 4.69) is 20.5 Å². The van der Waals surface area contributed by atoms with E-state index in [4.69, 9.17) is 11.6 Å². The zero-order valence-corrected chi connectivity index (χ0v) is 16.9. The predicted octanol–water partition coefficient (Wildman–Crippen LogP) is 5.27. The zero-order chi connectivity index (χ0) is 20.1. The van der Waals surface area contributed by atoms with Gasteiger partial charge in [0, 0.05) is 16.3 Å². The third-order valence-corrected chi connectivity index (χ3v) is 5.41. The first kappa shape index (κ1) is 19.2. The highest BCUT2D eigenvalue weighted by Crippen LogP contribution is 2.23. The molecule has 0 saturated carbocycles. The van der Waals surface area contributed by atoms with Crippen LogP contribution in [-0.2, 0) is 5.75 Å². The molecule has 0 radical (unpaired) electrons. The highest BCUT2D eigenvalue weighted by atomic mass is 35.5. The van der Waals surface area contributed by atoms with E-state index in [0.29, 0.717) is 10.6 Å². The van der Waals surface area contributed by atoms with Crippen molar-refractivity contribution in [3.63, 3.8) is 0 Å². The molecule has 1 aromatic heterocycles. The molecule has 3 aromatic carbocycles. The minimum absolute atomic E-state index is 0.258. The summed E-state index contributed by atoms with van der Waals surface area (Å²) >= 11 is 7.47. The molecule has 0 bridgehead atoms. The van der Waals surface area contributed by atoms with Gasteiger partial charge in [0.2, 0.25) is 0 Å². The highest BCUT2D eigenvalue weighted by Gasteiger charge is 2.06. The Morgan fingerprint density at radius 2 is 1.83 bits per heavy atom. The van der Waals surface area contributed by atoms with Crippen molar-refractivity contribution < 1.29 is 4.79 Å². The molecule has 0 aliphatic rings. The number of aromatic amines is 1. The molecule has 29 heavy (non-hydrogen) atoms. The van der Waals surface area contributed by atoms with Crippen molar-refractivity contribution in [2.24, 2.45) is 5.10 Å². The van der Waals surface area contributed by atoms with Gasteiger partial charge in [-0.15, -0.1) is 0 Å². The van der Waals surface area contributed by atoms with E-state index in [0.717, 1.165) is 33.1 Å². The minimum Gasteiger partial charge on any atom is -0.333 e. The predicted molar refractivity (Wildman–Crippen MR) is 119 cm³/mol. The smallest absolute Gasteiger partial charge is 0.271 e. The number of hydrogen-bond donors (Lipinski definition) is 2. The average molecular weight is 421 g/mol. The van der Waals surface area contributed by atoms with Crippen LogP contribution in [0.1, 0.15) is 21.5 Å². The van der Waals surface area contributed by atoms with Gasteiger partial charge in [-0.1, -0.05) is 59.8 Å². The number of benzene rings is 3. The summed E-state index contributed by atoms with van der Waals surface area (Å²) in [6.45, 7) is 0. The van der Waals surface area contributed by atoms with Crippen LogP contribution in [0.2, 0.25) is 5.02 Å². The maximum Gasteiger partial charge on any atom is 0.271 e. The van der Waals surface area contributed by atoms with Gasteiger partial charge in [-0.25, -0.2) is 10.4 Å². The number of halogens is 1. The Bertz CT molecular complexity index is 1120. The largest absolute Gasteiger partial charge is 0.333 e. The van der Waals surface area contributed by atoms with Gasteiger partial charge < -0.3 is 4.98 Å². The van der Waals surface area contributed by atoms with Gasteiger partial charge in [0.15, 0.2) is 5.16 Å². The molecule has 4 aromatic rings. The average Bonchev–Trinajstić information content (AvgIpc) is 3.17. The van der Waals surface area contributed by atoms with Gasteiger partial charge in [0.1, 0.15) is 0 Å². The summed E-state index contributed by atoms with van der Waals surface area (Å²) < 4.78 is 0. The summed E-state index contributed by atoms with van der Waals surface area (Å²) in [6.07, 6.45) is 1.58. The first-order chi connectivity index (χ1) is 14.2. The fraction of sp³-hybridized carbons (Fsp3) is 0.0455. The van der Waals surface area contributed by atoms with Crippen LogP contribution in [-0.4, -0.2) is 22.1 Å².